The summed E-state index contributed by atoms with van der Waals surface area (Å²) in [6, 6.07) is 16.3. The number of Topliss-reactive ketones (excluding diaryl/α,β-unsaturated/α-hetero) is 1. The fourth-order valence-electron chi connectivity index (χ4n) is 2.23. The van der Waals surface area contributed by atoms with Crippen LogP contribution in [0, 0.1) is 0 Å². The lowest BCUT2D eigenvalue weighted by atomic mass is 10.1. The molecule has 0 unspecified atom stereocenters. The normalized spacial score (nSPS) is 11.0. The first kappa shape index (κ1) is 14.8. The van der Waals surface area contributed by atoms with Gasteiger partial charge >= 0.3 is 0 Å². The van der Waals surface area contributed by atoms with Crippen molar-refractivity contribution in [2.24, 2.45) is 0 Å². The molecule has 1 N–H and O–H groups in total. The average Bonchev–Trinajstić information content (AvgIpc) is 2.99. The molecule has 0 saturated heterocycles. The van der Waals surface area contributed by atoms with E-state index in [1.165, 1.54) is 19.2 Å². The number of carbonyl (C=O) groups excluding carboxylic acids is 2. The van der Waals surface area contributed by atoms with Crippen molar-refractivity contribution in [1.82, 2.24) is 0 Å². The minimum Gasteiger partial charge on any atom is -0.453 e. The molecule has 4 heteroatoms. The number of allylic oxidation sites excluding steroid dienone is 1. The van der Waals surface area contributed by atoms with E-state index in [1.54, 1.807) is 24.3 Å². The smallest absolute Gasteiger partial charge is 0.222 e. The first-order chi connectivity index (χ1) is 11.1. The molecule has 114 valence electrons. The highest BCUT2D eigenvalue weighted by Gasteiger charge is 2.08. The summed E-state index contributed by atoms with van der Waals surface area (Å²) >= 11 is 0. The number of furan rings is 1. The van der Waals surface area contributed by atoms with E-state index in [1.807, 2.05) is 30.3 Å². The molecule has 3 aromatic rings. The van der Waals surface area contributed by atoms with Crippen LogP contribution >= 0.6 is 0 Å². The van der Waals surface area contributed by atoms with Crippen molar-refractivity contribution < 1.29 is 14.0 Å². The zero-order valence-electron chi connectivity index (χ0n) is 12.6. The summed E-state index contributed by atoms with van der Waals surface area (Å²) in [5.74, 6) is 0.0640. The van der Waals surface area contributed by atoms with Crippen molar-refractivity contribution in [3.8, 4) is 0 Å². The Kier molecular flexibility index (Phi) is 4.06. The van der Waals surface area contributed by atoms with E-state index in [4.69, 9.17) is 4.42 Å². The van der Waals surface area contributed by atoms with Crippen molar-refractivity contribution in [3.05, 3.63) is 78.2 Å². The first-order valence-electron chi connectivity index (χ1n) is 7.20. The first-order valence-corrected chi connectivity index (χ1v) is 7.20. The van der Waals surface area contributed by atoms with Crippen molar-refractivity contribution in [2.45, 2.75) is 6.92 Å². The maximum absolute atomic E-state index is 12.1. The third-order valence-corrected chi connectivity index (χ3v) is 3.42. The van der Waals surface area contributed by atoms with Gasteiger partial charge in [0, 0.05) is 28.9 Å². The lowest BCUT2D eigenvalue weighted by molar-refractivity contribution is 0.101. The van der Waals surface area contributed by atoms with Crippen LogP contribution in [0.3, 0.4) is 0 Å². The number of carbonyl (C=O) groups is 2. The van der Waals surface area contributed by atoms with Gasteiger partial charge in [-0.3, -0.25) is 9.59 Å². The summed E-state index contributed by atoms with van der Waals surface area (Å²) in [6.45, 7) is 1.51. The van der Waals surface area contributed by atoms with Crippen molar-refractivity contribution in [1.29, 1.82) is 0 Å². The molecule has 0 atom stereocenters. The van der Waals surface area contributed by atoms with Gasteiger partial charge in [-0.15, -0.1) is 0 Å². The minimum absolute atomic E-state index is 0.00372. The average molecular weight is 305 g/mol. The zero-order chi connectivity index (χ0) is 16.2. The highest BCUT2D eigenvalue weighted by Crippen LogP contribution is 2.19. The summed E-state index contributed by atoms with van der Waals surface area (Å²) in [6.07, 6.45) is 2.94. The van der Waals surface area contributed by atoms with E-state index in [0.29, 0.717) is 16.9 Å². The van der Waals surface area contributed by atoms with Crippen LogP contribution in [0.2, 0.25) is 0 Å². The number of ketones is 2. The van der Waals surface area contributed by atoms with Crippen molar-refractivity contribution >= 4 is 28.2 Å². The van der Waals surface area contributed by atoms with E-state index in [9.17, 15) is 9.59 Å². The molecule has 1 aromatic heterocycles. The van der Waals surface area contributed by atoms with Crippen LogP contribution in [0.15, 0.2) is 71.3 Å². The Morgan fingerprint density at radius 1 is 1.04 bits per heavy atom. The SMILES string of the molecule is CC(=O)c1cccc(N/C=C/C(=O)c2cc3ccccc3o2)c1. The lowest BCUT2D eigenvalue weighted by Gasteiger charge is -2.02. The summed E-state index contributed by atoms with van der Waals surface area (Å²) in [5, 5.41) is 3.87. The van der Waals surface area contributed by atoms with Gasteiger partial charge in [-0.05, 0) is 31.2 Å². The van der Waals surface area contributed by atoms with Gasteiger partial charge in [0.1, 0.15) is 5.58 Å². The van der Waals surface area contributed by atoms with Gasteiger partial charge in [0.05, 0.1) is 0 Å². The molecule has 0 aliphatic rings. The molecule has 0 fully saturated rings. The fraction of sp³-hybridized carbons (Fsp3) is 0.0526. The number of hydrogen-bond donors (Lipinski definition) is 1. The van der Waals surface area contributed by atoms with Gasteiger partial charge in [-0.2, -0.15) is 0 Å². The molecule has 1 heterocycles. The van der Waals surface area contributed by atoms with Crippen LogP contribution in [-0.2, 0) is 0 Å². The maximum Gasteiger partial charge on any atom is 0.222 e. The van der Waals surface area contributed by atoms with Crippen LogP contribution in [0.25, 0.3) is 11.0 Å². The van der Waals surface area contributed by atoms with Crippen LogP contribution in [-0.4, -0.2) is 11.6 Å². The summed E-state index contributed by atoms with van der Waals surface area (Å²) in [4.78, 5) is 23.4. The van der Waals surface area contributed by atoms with Crippen LogP contribution in [0.4, 0.5) is 5.69 Å². The van der Waals surface area contributed by atoms with Gasteiger partial charge in [-0.25, -0.2) is 0 Å². The molecular weight excluding hydrogens is 290 g/mol. The zero-order valence-corrected chi connectivity index (χ0v) is 12.6. The highest BCUT2D eigenvalue weighted by atomic mass is 16.3. The molecule has 0 radical (unpaired) electrons. The van der Waals surface area contributed by atoms with Crippen LogP contribution < -0.4 is 5.32 Å². The molecule has 0 bridgehead atoms. The Balaban J connectivity index is 1.71. The Labute approximate surface area is 133 Å². The monoisotopic (exact) mass is 305 g/mol. The number of para-hydroxylation sites is 1. The van der Waals surface area contributed by atoms with Crippen LogP contribution in [0.5, 0.6) is 0 Å². The minimum atomic E-state index is -0.226. The molecular formula is C19H15NO3. The Hall–Kier alpha value is -3.14. The Morgan fingerprint density at radius 3 is 2.65 bits per heavy atom. The van der Waals surface area contributed by atoms with Crippen molar-refractivity contribution in [3.63, 3.8) is 0 Å². The molecule has 23 heavy (non-hydrogen) atoms. The highest BCUT2D eigenvalue weighted by molar-refractivity contribution is 6.05. The second-order valence-electron chi connectivity index (χ2n) is 5.13. The molecule has 0 aliphatic heterocycles. The van der Waals surface area contributed by atoms with Gasteiger partial charge in [-0.1, -0.05) is 30.3 Å². The number of rotatable bonds is 5. The Morgan fingerprint density at radius 2 is 1.87 bits per heavy atom. The molecule has 4 nitrogen and oxygen atoms in total. The lowest BCUT2D eigenvalue weighted by Crippen LogP contribution is -1.96. The second-order valence-corrected chi connectivity index (χ2v) is 5.13. The maximum atomic E-state index is 12.1. The Bertz CT molecular complexity index is 873. The summed E-state index contributed by atoms with van der Waals surface area (Å²) < 4.78 is 5.51. The number of fused-ring (bicyclic) bond motifs is 1. The summed E-state index contributed by atoms with van der Waals surface area (Å²) in [7, 11) is 0. The van der Waals surface area contributed by atoms with Gasteiger partial charge in [0.2, 0.25) is 5.78 Å². The van der Waals surface area contributed by atoms with E-state index in [-0.39, 0.29) is 11.6 Å². The number of nitrogens with one attached hydrogen (secondary N) is 1. The standard InChI is InChI=1S/C19H15NO3/c1-13(21)14-6-4-7-16(11-14)20-10-9-17(22)19-12-15-5-2-3-8-18(15)23-19/h2-12,20H,1H3/b10-9+. The number of anilines is 1. The summed E-state index contributed by atoms with van der Waals surface area (Å²) in [5.41, 5.74) is 2.05. The molecule has 0 spiro atoms. The number of hydrogen-bond acceptors (Lipinski definition) is 4. The molecule has 0 saturated carbocycles. The predicted molar refractivity (Wildman–Crippen MR) is 89.8 cm³/mol. The van der Waals surface area contributed by atoms with E-state index < -0.39 is 0 Å². The number of benzene rings is 2. The molecule has 2 aromatic carbocycles. The molecule has 0 aliphatic carbocycles. The van der Waals surface area contributed by atoms with Gasteiger partial charge in [0.25, 0.3) is 0 Å². The fourth-order valence-corrected chi connectivity index (χ4v) is 2.23. The van der Waals surface area contributed by atoms with Crippen LogP contribution in [0.1, 0.15) is 27.8 Å². The third-order valence-electron chi connectivity index (χ3n) is 3.42. The van der Waals surface area contributed by atoms with Gasteiger partial charge < -0.3 is 9.73 Å². The molecule has 3 rings (SSSR count). The molecule has 0 amide bonds. The topological polar surface area (TPSA) is 59.3 Å². The van der Waals surface area contributed by atoms with Crippen molar-refractivity contribution in [2.75, 3.05) is 5.32 Å². The van der Waals surface area contributed by atoms with E-state index >= 15 is 0 Å². The van der Waals surface area contributed by atoms with Gasteiger partial charge in [0.15, 0.2) is 11.5 Å². The second kappa shape index (κ2) is 6.32. The van der Waals surface area contributed by atoms with E-state index in [2.05, 4.69) is 5.32 Å². The quantitative estimate of drug-likeness (QED) is 0.559. The largest absolute Gasteiger partial charge is 0.453 e. The third kappa shape index (κ3) is 3.37. The van der Waals surface area contributed by atoms with E-state index in [0.717, 1.165) is 11.1 Å². The predicted octanol–water partition coefficient (Wildman–Crippen LogP) is 4.44.